The molecular weight excluding hydrogens is 388 g/mol. The smallest absolute Gasteiger partial charge is 0.356 e. The summed E-state index contributed by atoms with van der Waals surface area (Å²) in [6.07, 6.45) is 4.36. The number of aliphatic hydroxyl groups is 1. The molecule has 3 rings (SSSR count). The molecule has 0 aliphatic rings. The van der Waals surface area contributed by atoms with E-state index in [-0.39, 0.29) is 24.3 Å². The van der Waals surface area contributed by atoms with Crippen LogP contribution >= 0.6 is 0 Å². The summed E-state index contributed by atoms with van der Waals surface area (Å²) in [6, 6.07) is 3.14. The van der Waals surface area contributed by atoms with Crippen LogP contribution in [0.4, 0.5) is 11.4 Å². The number of nitrogens with zero attached hydrogens (tertiary/aromatic N) is 2. The van der Waals surface area contributed by atoms with Gasteiger partial charge in [0.05, 0.1) is 43.1 Å². The fraction of sp³-hybridized carbons (Fsp3) is 0.381. The van der Waals surface area contributed by atoms with Crippen molar-refractivity contribution in [1.29, 1.82) is 0 Å². The molecule has 0 saturated carbocycles. The zero-order valence-electron chi connectivity index (χ0n) is 17.4. The zero-order valence-corrected chi connectivity index (χ0v) is 17.4. The topological polar surface area (TPSA) is 119 Å². The summed E-state index contributed by atoms with van der Waals surface area (Å²) < 4.78 is 11.8. The van der Waals surface area contributed by atoms with E-state index in [1.807, 2.05) is 20.8 Å². The van der Waals surface area contributed by atoms with Crippen molar-refractivity contribution in [3.8, 4) is 0 Å². The summed E-state index contributed by atoms with van der Waals surface area (Å²) in [5.41, 5.74) is 2.07. The lowest BCUT2D eigenvalue weighted by molar-refractivity contribution is 0.0589. The highest BCUT2D eigenvalue weighted by atomic mass is 16.5. The molecule has 1 amide bonds. The summed E-state index contributed by atoms with van der Waals surface area (Å²) >= 11 is 0. The number of carbonyl (C=O) groups is 2. The molecule has 3 aromatic heterocycles. The summed E-state index contributed by atoms with van der Waals surface area (Å²) in [6.45, 7) is 6.33. The van der Waals surface area contributed by atoms with Crippen molar-refractivity contribution in [2.75, 3.05) is 24.4 Å². The lowest BCUT2D eigenvalue weighted by Gasteiger charge is -2.13. The maximum absolute atomic E-state index is 12.7. The van der Waals surface area contributed by atoms with Gasteiger partial charge in [-0.25, -0.2) is 9.78 Å². The number of methoxy groups -OCH3 is 1. The minimum absolute atomic E-state index is 0.0517. The van der Waals surface area contributed by atoms with E-state index >= 15 is 0 Å². The van der Waals surface area contributed by atoms with Crippen LogP contribution in [0.15, 0.2) is 35.3 Å². The molecule has 1 atom stereocenters. The minimum Gasteiger partial charge on any atom is -0.472 e. The first-order valence-electron chi connectivity index (χ1n) is 9.67. The first-order chi connectivity index (χ1) is 14.3. The van der Waals surface area contributed by atoms with Gasteiger partial charge in [0.1, 0.15) is 11.9 Å². The Bertz CT molecular complexity index is 1040. The van der Waals surface area contributed by atoms with Crippen molar-refractivity contribution in [3.63, 3.8) is 0 Å². The number of hydrogen-bond acceptors (Lipinski definition) is 7. The third-order valence-corrected chi connectivity index (χ3v) is 4.53. The minimum atomic E-state index is -0.575. The number of amides is 1. The Hall–Kier alpha value is -3.33. The van der Waals surface area contributed by atoms with Gasteiger partial charge in [-0.05, 0) is 25.0 Å². The molecule has 0 aromatic carbocycles. The van der Waals surface area contributed by atoms with Gasteiger partial charge in [-0.3, -0.25) is 4.79 Å². The molecule has 0 radical (unpaired) electrons. The molecule has 3 heterocycles. The van der Waals surface area contributed by atoms with Gasteiger partial charge in [-0.1, -0.05) is 13.8 Å². The van der Waals surface area contributed by atoms with Crippen LogP contribution in [0.5, 0.6) is 0 Å². The Morgan fingerprint density at radius 2 is 2.10 bits per heavy atom. The number of carbonyl (C=O) groups excluding carboxylic acids is 2. The van der Waals surface area contributed by atoms with Crippen molar-refractivity contribution in [3.05, 3.63) is 42.1 Å². The fourth-order valence-corrected chi connectivity index (χ4v) is 3.19. The van der Waals surface area contributed by atoms with Crippen molar-refractivity contribution >= 4 is 34.3 Å². The summed E-state index contributed by atoms with van der Waals surface area (Å²) in [7, 11) is 1.30. The quantitative estimate of drug-likeness (QED) is 0.485. The molecule has 0 unspecified atom stereocenters. The normalized spacial score (nSPS) is 12.2. The lowest BCUT2D eigenvalue weighted by Crippen LogP contribution is -2.19. The monoisotopic (exact) mass is 414 g/mol. The average molecular weight is 414 g/mol. The number of anilines is 2. The molecule has 0 aliphatic heterocycles. The molecule has 0 fully saturated rings. The van der Waals surface area contributed by atoms with Gasteiger partial charge >= 0.3 is 5.97 Å². The molecule has 160 valence electrons. The van der Waals surface area contributed by atoms with Crippen LogP contribution in [0.25, 0.3) is 11.0 Å². The van der Waals surface area contributed by atoms with E-state index in [1.54, 1.807) is 16.8 Å². The van der Waals surface area contributed by atoms with Crippen molar-refractivity contribution in [1.82, 2.24) is 9.55 Å². The van der Waals surface area contributed by atoms with Crippen LogP contribution in [-0.2, 0) is 11.3 Å². The number of esters is 1. The average Bonchev–Trinajstić information content (AvgIpc) is 3.35. The van der Waals surface area contributed by atoms with E-state index in [0.29, 0.717) is 34.5 Å². The van der Waals surface area contributed by atoms with E-state index in [4.69, 9.17) is 9.15 Å². The van der Waals surface area contributed by atoms with Gasteiger partial charge < -0.3 is 29.5 Å². The number of fused-ring (bicyclic) bond motifs is 1. The van der Waals surface area contributed by atoms with E-state index < -0.39 is 11.9 Å². The Kier molecular flexibility index (Phi) is 6.41. The first kappa shape index (κ1) is 21.4. The molecule has 3 aromatic rings. The van der Waals surface area contributed by atoms with Gasteiger partial charge in [-0.15, -0.1) is 0 Å². The molecule has 9 heteroatoms. The Morgan fingerprint density at radius 3 is 2.70 bits per heavy atom. The number of ether oxygens (including phenoxy) is 1. The number of pyridine rings is 1. The second-order valence-corrected chi connectivity index (χ2v) is 7.51. The molecule has 0 spiro atoms. The predicted molar refractivity (Wildman–Crippen MR) is 113 cm³/mol. The second kappa shape index (κ2) is 9.00. The number of furan rings is 1. The first-order valence-corrected chi connectivity index (χ1v) is 9.67. The Balaban J connectivity index is 2.19. The molecule has 9 nitrogen and oxygen atoms in total. The van der Waals surface area contributed by atoms with Gasteiger partial charge in [0.2, 0.25) is 0 Å². The van der Waals surface area contributed by atoms with E-state index in [2.05, 4.69) is 15.6 Å². The predicted octanol–water partition coefficient (Wildman–Crippen LogP) is 3.12. The van der Waals surface area contributed by atoms with Crippen LogP contribution in [0.1, 0.15) is 41.6 Å². The van der Waals surface area contributed by atoms with Gasteiger partial charge in [0, 0.05) is 18.0 Å². The standard InChI is InChI=1S/C21H26N4O5/c1-12(2)9-25-18(21(28)29-4)17(24-20(27)14-5-6-30-11-14)16-7-15(8-22-19(16)25)23-13(3)10-26/h5-8,11-13,23,26H,9-10H2,1-4H3,(H,24,27)/t13-/m0/s1. The molecule has 0 bridgehead atoms. The molecule has 0 saturated heterocycles. The van der Waals surface area contributed by atoms with Crippen molar-refractivity contribution < 1.29 is 23.8 Å². The summed E-state index contributed by atoms with van der Waals surface area (Å²) in [5.74, 6) is -0.774. The van der Waals surface area contributed by atoms with E-state index in [0.717, 1.165) is 0 Å². The SMILES string of the molecule is COC(=O)c1c(NC(=O)c2ccoc2)c2cc(N[C@@H](C)CO)cnc2n1CC(C)C. The van der Waals surface area contributed by atoms with Gasteiger partial charge in [0.25, 0.3) is 5.91 Å². The Morgan fingerprint density at radius 1 is 1.33 bits per heavy atom. The van der Waals surface area contributed by atoms with Crippen LogP contribution in [0.2, 0.25) is 0 Å². The number of hydrogen-bond donors (Lipinski definition) is 3. The van der Waals surface area contributed by atoms with Crippen molar-refractivity contribution in [2.45, 2.75) is 33.4 Å². The number of nitrogens with one attached hydrogen (secondary N) is 2. The van der Waals surface area contributed by atoms with Crippen molar-refractivity contribution in [2.24, 2.45) is 5.92 Å². The largest absolute Gasteiger partial charge is 0.472 e. The number of aliphatic hydroxyl groups excluding tert-OH is 1. The fourth-order valence-electron chi connectivity index (χ4n) is 3.19. The van der Waals surface area contributed by atoms with Crippen LogP contribution in [-0.4, -0.2) is 46.3 Å². The number of aromatic nitrogens is 2. The second-order valence-electron chi connectivity index (χ2n) is 7.51. The lowest BCUT2D eigenvalue weighted by atomic mass is 10.2. The molecule has 3 N–H and O–H groups in total. The third kappa shape index (κ3) is 4.30. The third-order valence-electron chi connectivity index (χ3n) is 4.53. The van der Waals surface area contributed by atoms with E-state index in [9.17, 15) is 14.7 Å². The van der Waals surface area contributed by atoms with Crippen LogP contribution in [0.3, 0.4) is 0 Å². The highest BCUT2D eigenvalue weighted by molar-refractivity contribution is 6.14. The molecular formula is C21H26N4O5. The van der Waals surface area contributed by atoms with Crippen LogP contribution < -0.4 is 10.6 Å². The number of rotatable bonds is 8. The summed E-state index contributed by atoms with van der Waals surface area (Å²) in [4.78, 5) is 29.9. The maximum Gasteiger partial charge on any atom is 0.356 e. The molecule has 30 heavy (non-hydrogen) atoms. The van der Waals surface area contributed by atoms with E-state index in [1.165, 1.54) is 25.7 Å². The maximum atomic E-state index is 12.7. The zero-order chi connectivity index (χ0) is 21.8. The Labute approximate surface area is 174 Å². The van der Waals surface area contributed by atoms with Gasteiger partial charge in [0.15, 0.2) is 5.69 Å². The van der Waals surface area contributed by atoms with Crippen LogP contribution in [0, 0.1) is 5.92 Å². The van der Waals surface area contributed by atoms with Gasteiger partial charge in [-0.2, -0.15) is 0 Å². The summed E-state index contributed by atoms with van der Waals surface area (Å²) in [5, 5.41) is 15.9. The highest BCUT2D eigenvalue weighted by Crippen LogP contribution is 2.33. The molecule has 0 aliphatic carbocycles. The highest BCUT2D eigenvalue weighted by Gasteiger charge is 2.27.